The van der Waals surface area contributed by atoms with Crippen LogP contribution in [0, 0.1) is 12.8 Å². The molecule has 0 atom stereocenters. The summed E-state index contributed by atoms with van der Waals surface area (Å²) in [5, 5.41) is 0.556. The van der Waals surface area contributed by atoms with Gasteiger partial charge in [0.15, 0.2) is 11.4 Å². The van der Waals surface area contributed by atoms with Crippen LogP contribution in [0.5, 0.6) is 0 Å². The van der Waals surface area contributed by atoms with Crippen molar-refractivity contribution < 1.29 is 21.0 Å². The van der Waals surface area contributed by atoms with Crippen LogP contribution in [0.1, 0.15) is 36.9 Å². The van der Waals surface area contributed by atoms with Crippen LogP contribution in [0.3, 0.4) is 0 Å². The Balaban J connectivity index is 1.71. The molecule has 0 spiro atoms. The first-order chi connectivity index (χ1) is 17.3. The van der Waals surface area contributed by atoms with Crippen molar-refractivity contribution >= 4 is 36.9 Å². The van der Waals surface area contributed by atoms with E-state index in [1.165, 1.54) is 30.5 Å². The molecular formula is C27H26N2O5S2. The zero-order valence-corrected chi connectivity index (χ0v) is 21.4. The summed E-state index contributed by atoms with van der Waals surface area (Å²) < 4.78 is 61.1. The van der Waals surface area contributed by atoms with Crippen LogP contribution in [0.15, 0.2) is 94.9 Å². The highest BCUT2D eigenvalue weighted by Gasteiger charge is 2.30. The molecule has 9 heteroatoms. The summed E-state index contributed by atoms with van der Waals surface area (Å²) in [7, 11) is -8.35. The smallest absolute Gasteiger partial charge is 0.339 e. The minimum Gasteiger partial charge on any atom is -0.377 e. The van der Waals surface area contributed by atoms with Gasteiger partial charge in [-0.05, 0) is 74.2 Å². The van der Waals surface area contributed by atoms with E-state index < -0.39 is 20.1 Å². The molecule has 0 aliphatic heterocycles. The fourth-order valence-electron chi connectivity index (χ4n) is 4.49. The van der Waals surface area contributed by atoms with Crippen LogP contribution in [0.2, 0.25) is 0 Å². The van der Waals surface area contributed by atoms with Gasteiger partial charge in [0, 0.05) is 11.6 Å². The maximum atomic E-state index is 13.8. The predicted molar refractivity (Wildman–Crippen MR) is 138 cm³/mol. The van der Waals surface area contributed by atoms with Crippen molar-refractivity contribution in [2.75, 3.05) is 0 Å². The number of allylic oxidation sites excluding steroid dienone is 1. The van der Waals surface area contributed by atoms with Crippen molar-refractivity contribution in [1.29, 1.82) is 0 Å². The second kappa shape index (κ2) is 9.55. The van der Waals surface area contributed by atoms with Crippen molar-refractivity contribution in [1.82, 2.24) is 8.96 Å². The summed E-state index contributed by atoms with van der Waals surface area (Å²) in [6.45, 7) is 1.86. The number of aromatic nitrogens is 2. The van der Waals surface area contributed by atoms with Gasteiger partial charge in [-0.2, -0.15) is 8.42 Å². The normalized spacial score (nSPS) is 15.4. The fourth-order valence-corrected chi connectivity index (χ4v) is 6.93. The number of aryl methyl sites for hydroxylation is 1. The molecule has 0 bridgehead atoms. The van der Waals surface area contributed by atoms with Gasteiger partial charge in [0.25, 0.3) is 10.0 Å². The van der Waals surface area contributed by atoms with Crippen LogP contribution < -0.4 is 0 Å². The van der Waals surface area contributed by atoms with Gasteiger partial charge in [0.05, 0.1) is 4.90 Å². The Morgan fingerprint density at radius 2 is 1.61 bits per heavy atom. The van der Waals surface area contributed by atoms with E-state index in [9.17, 15) is 16.8 Å². The van der Waals surface area contributed by atoms with Crippen LogP contribution in [-0.2, 0) is 24.3 Å². The highest BCUT2D eigenvalue weighted by molar-refractivity contribution is 7.90. The van der Waals surface area contributed by atoms with E-state index in [4.69, 9.17) is 4.18 Å². The molecule has 7 nitrogen and oxygen atoms in total. The third-order valence-corrected chi connectivity index (χ3v) is 9.32. The first-order valence-electron chi connectivity index (χ1n) is 11.8. The van der Waals surface area contributed by atoms with Gasteiger partial charge < -0.3 is 4.18 Å². The third kappa shape index (κ3) is 4.68. The minimum absolute atomic E-state index is 0.00266. The lowest BCUT2D eigenvalue weighted by molar-refractivity contribution is 0.457. The van der Waals surface area contributed by atoms with Crippen molar-refractivity contribution in [3.63, 3.8) is 0 Å². The quantitative estimate of drug-likeness (QED) is 0.234. The van der Waals surface area contributed by atoms with Crippen LogP contribution in [0.4, 0.5) is 0 Å². The predicted octanol–water partition coefficient (Wildman–Crippen LogP) is 5.52. The molecule has 4 aromatic rings. The zero-order valence-electron chi connectivity index (χ0n) is 19.7. The maximum Gasteiger partial charge on any atom is 0.339 e. The van der Waals surface area contributed by atoms with Crippen molar-refractivity contribution in [3.05, 3.63) is 96.3 Å². The molecule has 0 saturated heterocycles. The lowest BCUT2D eigenvalue weighted by atomic mass is 10.1. The summed E-state index contributed by atoms with van der Waals surface area (Å²) in [6, 6.07) is 19.4. The topological polar surface area (TPSA) is 95.3 Å². The maximum absolute atomic E-state index is 13.8. The monoisotopic (exact) mass is 522 g/mol. The standard InChI is InChI=1S/C27H26N2O5S2/c1-20-13-15-24(16-14-20)36(32,33)34-26(18-21-8-5-6-9-21)25-19-22-10-7-17-28-27(22)29(25)35(30,31)23-11-3-2-4-12-23/h2-4,7,10-19,21H,5-6,8-9H2,1H3. The molecule has 0 N–H and O–H groups in total. The molecular weight excluding hydrogens is 496 g/mol. The van der Waals surface area contributed by atoms with Gasteiger partial charge >= 0.3 is 10.1 Å². The zero-order chi connectivity index (χ0) is 25.3. The van der Waals surface area contributed by atoms with Gasteiger partial charge in [0.2, 0.25) is 0 Å². The fraction of sp³-hybridized carbons (Fsp3) is 0.222. The second-order valence-electron chi connectivity index (χ2n) is 8.95. The van der Waals surface area contributed by atoms with Crippen LogP contribution in [0.25, 0.3) is 16.8 Å². The molecule has 0 amide bonds. The highest BCUT2D eigenvalue weighted by atomic mass is 32.2. The minimum atomic E-state index is -4.23. The molecule has 1 aliphatic rings. The van der Waals surface area contributed by atoms with Crippen molar-refractivity contribution in [3.8, 4) is 0 Å². The summed E-state index contributed by atoms with van der Waals surface area (Å²) in [5.41, 5.74) is 1.23. The van der Waals surface area contributed by atoms with E-state index in [0.29, 0.717) is 5.39 Å². The van der Waals surface area contributed by atoms with Gasteiger partial charge in [-0.1, -0.05) is 48.7 Å². The Morgan fingerprint density at radius 1 is 0.917 bits per heavy atom. The number of nitrogens with zero attached hydrogens (tertiary/aromatic N) is 2. The Labute approximate surface area is 211 Å². The van der Waals surface area contributed by atoms with E-state index in [0.717, 1.165) is 35.2 Å². The van der Waals surface area contributed by atoms with E-state index in [-0.39, 0.29) is 32.8 Å². The Kier molecular flexibility index (Phi) is 6.44. The highest BCUT2D eigenvalue weighted by Crippen LogP contribution is 2.35. The van der Waals surface area contributed by atoms with Crippen LogP contribution >= 0.6 is 0 Å². The SMILES string of the molecule is Cc1ccc(S(=O)(=O)OC(=CC2CCCC2)c2cc3cccnc3n2S(=O)(=O)c2ccccc2)cc1. The molecule has 186 valence electrons. The van der Waals surface area contributed by atoms with Gasteiger partial charge in [-0.15, -0.1) is 0 Å². The van der Waals surface area contributed by atoms with E-state index in [2.05, 4.69) is 4.98 Å². The Hall–Kier alpha value is -3.43. The largest absolute Gasteiger partial charge is 0.377 e. The molecule has 0 unspecified atom stereocenters. The lowest BCUT2D eigenvalue weighted by Gasteiger charge is -2.16. The average Bonchev–Trinajstić information content (AvgIpc) is 3.52. The van der Waals surface area contributed by atoms with E-state index in [1.54, 1.807) is 54.6 Å². The molecule has 0 radical (unpaired) electrons. The number of pyridine rings is 1. The third-order valence-electron chi connectivity index (χ3n) is 6.35. The van der Waals surface area contributed by atoms with Crippen molar-refractivity contribution in [2.45, 2.75) is 42.4 Å². The van der Waals surface area contributed by atoms with Gasteiger partial charge in [0.1, 0.15) is 10.6 Å². The molecule has 5 rings (SSSR count). The lowest BCUT2D eigenvalue weighted by Crippen LogP contribution is -2.18. The summed E-state index contributed by atoms with van der Waals surface area (Å²) in [4.78, 5) is 4.39. The van der Waals surface area contributed by atoms with Gasteiger partial charge in [-0.3, -0.25) is 0 Å². The molecule has 1 aliphatic carbocycles. The molecule has 1 saturated carbocycles. The number of hydrogen-bond donors (Lipinski definition) is 0. The molecule has 2 aromatic heterocycles. The number of rotatable bonds is 7. The summed E-state index contributed by atoms with van der Waals surface area (Å²) >= 11 is 0. The number of hydrogen-bond acceptors (Lipinski definition) is 6. The molecule has 2 aromatic carbocycles. The number of benzene rings is 2. The summed E-state index contributed by atoms with van der Waals surface area (Å²) in [5.74, 6) is 0.0621. The number of fused-ring (bicyclic) bond motifs is 1. The second-order valence-corrected chi connectivity index (χ2v) is 12.3. The van der Waals surface area contributed by atoms with E-state index >= 15 is 0 Å². The average molecular weight is 523 g/mol. The van der Waals surface area contributed by atoms with E-state index in [1.807, 2.05) is 6.92 Å². The molecule has 1 fully saturated rings. The molecule has 2 heterocycles. The Morgan fingerprint density at radius 3 is 2.31 bits per heavy atom. The molecule has 36 heavy (non-hydrogen) atoms. The van der Waals surface area contributed by atoms with Crippen molar-refractivity contribution in [2.24, 2.45) is 5.92 Å². The van der Waals surface area contributed by atoms with Crippen LogP contribution in [-0.4, -0.2) is 25.8 Å². The first kappa shape index (κ1) is 24.3. The first-order valence-corrected chi connectivity index (χ1v) is 14.6. The Bertz CT molecular complexity index is 1630. The summed E-state index contributed by atoms with van der Waals surface area (Å²) in [6.07, 6.45) is 7.05. The van der Waals surface area contributed by atoms with Gasteiger partial charge in [-0.25, -0.2) is 17.4 Å².